The number of hydrogen-bond acceptors (Lipinski definition) is 5. The maximum Gasteiger partial charge on any atom is 0.177 e. The van der Waals surface area contributed by atoms with Gasteiger partial charge in [0.1, 0.15) is 23.7 Å². The maximum absolute atomic E-state index is 5.82. The molecule has 1 aliphatic rings. The van der Waals surface area contributed by atoms with Gasteiger partial charge in [0.25, 0.3) is 0 Å². The van der Waals surface area contributed by atoms with Crippen molar-refractivity contribution in [1.82, 2.24) is 29.6 Å². The Hall–Kier alpha value is -3.19. The predicted octanol–water partition coefficient (Wildman–Crippen LogP) is 3.67. The summed E-state index contributed by atoms with van der Waals surface area (Å²) in [5, 5.41) is 4.58. The monoisotopic (exact) mass is 388 g/mol. The summed E-state index contributed by atoms with van der Waals surface area (Å²) in [6.45, 7) is 2.66. The number of H-pyrrole nitrogens is 1. The van der Waals surface area contributed by atoms with E-state index >= 15 is 0 Å². The zero-order valence-corrected chi connectivity index (χ0v) is 16.5. The first-order valence-corrected chi connectivity index (χ1v) is 10.0. The molecular weight excluding hydrogens is 364 g/mol. The van der Waals surface area contributed by atoms with Gasteiger partial charge >= 0.3 is 0 Å². The van der Waals surface area contributed by atoms with Crippen LogP contribution < -0.4 is 4.74 Å². The highest BCUT2D eigenvalue weighted by Gasteiger charge is 2.22. The summed E-state index contributed by atoms with van der Waals surface area (Å²) in [4.78, 5) is 14.9. The first-order chi connectivity index (χ1) is 14.3. The molecule has 1 fully saturated rings. The Morgan fingerprint density at radius 1 is 1.10 bits per heavy atom. The van der Waals surface area contributed by atoms with Crippen molar-refractivity contribution in [3.05, 3.63) is 60.6 Å². The molecule has 3 aromatic heterocycles. The number of nitrogens with one attached hydrogen (secondary N) is 1. The smallest absolute Gasteiger partial charge is 0.177 e. The van der Waals surface area contributed by atoms with Gasteiger partial charge in [-0.2, -0.15) is 5.10 Å². The molecule has 7 heteroatoms. The van der Waals surface area contributed by atoms with Crippen molar-refractivity contribution in [2.75, 3.05) is 20.1 Å². The number of fused-ring (bicyclic) bond motifs is 1. The summed E-state index contributed by atoms with van der Waals surface area (Å²) in [7, 11) is 2.17. The molecule has 4 heterocycles. The molecule has 7 nitrogen and oxygen atoms in total. The second-order valence-electron chi connectivity index (χ2n) is 7.58. The molecule has 4 aromatic rings. The fraction of sp³-hybridized carbons (Fsp3) is 0.318. The number of rotatable bonds is 5. The standard InChI is InChI=1S/C22H24N6O/c1-27-12-9-18(10-13-27)28-22-20(14-24-28)25-21(26-22)16-5-7-19(8-6-16)29-15-17-4-2-3-11-23-17/h2-8,11,14,18H,9-10,12-13,15H2,1H3,(H,25,26). The molecule has 0 aliphatic carbocycles. The molecule has 1 saturated heterocycles. The number of nitrogens with zero attached hydrogens (tertiary/aromatic N) is 5. The average Bonchev–Trinajstić information content (AvgIpc) is 3.35. The lowest BCUT2D eigenvalue weighted by molar-refractivity contribution is 0.215. The van der Waals surface area contributed by atoms with Gasteiger partial charge in [0.15, 0.2) is 5.65 Å². The molecule has 0 atom stereocenters. The number of benzene rings is 1. The van der Waals surface area contributed by atoms with E-state index in [-0.39, 0.29) is 0 Å². The SMILES string of the molecule is CN1CCC(n2ncc3[nH]c(-c4ccc(OCc5ccccn5)cc4)nc32)CC1. The zero-order valence-electron chi connectivity index (χ0n) is 16.5. The molecule has 0 unspecified atom stereocenters. The maximum atomic E-state index is 5.82. The number of hydrogen-bond donors (Lipinski definition) is 1. The molecule has 1 aliphatic heterocycles. The van der Waals surface area contributed by atoms with Crippen LogP contribution in [0, 0.1) is 0 Å². The van der Waals surface area contributed by atoms with Crippen molar-refractivity contribution in [3.8, 4) is 17.1 Å². The third-order valence-electron chi connectivity index (χ3n) is 5.51. The normalized spacial score (nSPS) is 15.8. The van der Waals surface area contributed by atoms with E-state index in [1.165, 1.54) is 0 Å². The van der Waals surface area contributed by atoms with Gasteiger partial charge in [-0.1, -0.05) is 6.07 Å². The van der Waals surface area contributed by atoms with E-state index in [0.29, 0.717) is 12.6 Å². The zero-order chi connectivity index (χ0) is 19.6. The highest BCUT2D eigenvalue weighted by atomic mass is 16.5. The van der Waals surface area contributed by atoms with Crippen molar-refractivity contribution in [1.29, 1.82) is 0 Å². The lowest BCUT2D eigenvalue weighted by Crippen LogP contribution is -2.31. The molecule has 29 heavy (non-hydrogen) atoms. The first-order valence-electron chi connectivity index (χ1n) is 10.0. The van der Waals surface area contributed by atoms with E-state index in [4.69, 9.17) is 9.72 Å². The Labute approximate surface area is 169 Å². The van der Waals surface area contributed by atoms with Crippen molar-refractivity contribution in [3.63, 3.8) is 0 Å². The molecule has 0 radical (unpaired) electrons. The fourth-order valence-corrected chi connectivity index (χ4v) is 3.81. The Balaban J connectivity index is 1.31. The van der Waals surface area contributed by atoms with Gasteiger partial charge in [0.05, 0.1) is 17.9 Å². The van der Waals surface area contributed by atoms with Crippen LogP contribution in [0.2, 0.25) is 0 Å². The van der Waals surface area contributed by atoms with E-state index in [9.17, 15) is 0 Å². The van der Waals surface area contributed by atoms with Crippen LogP contribution in [0.5, 0.6) is 5.75 Å². The molecule has 0 amide bonds. The summed E-state index contributed by atoms with van der Waals surface area (Å²) in [6, 6.07) is 14.2. The summed E-state index contributed by atoms with van der Waals surface area (Å²) < 4.78 is 7.91. The fourth-order valence-electron chi connectivity index (χ4n) is 3.81. The van der Waals surface area contributed by atoms with Crippen molar-refractivity contribution < 1.29 is 4.74 Å². The van der Waals surface area contributed by atoms with E-state index in [0.717, 1.165) is 59.9 Å². The lowest BCUT2D eigenvalue weighted by Gasteiger charge is -2.28. The second-order valence-corrected chi connectivity index (χ2v) is 7.58. The summed E-state index contributed by atoms with van der Waals surface area (Å²) in [6.07, 6.45) is 5.88. The van der Waals surface area contributed by atoms with Gasteiger partial charge in [0.2, 0.25) is 0 Å². The quantitative estimate of drug-likeness (QED) is 0.565. The number of ether oxygens (including phenoxy) is 1. The lowest BCUT2D eigenvalue weighted by atomic mass is 10.1. The van der Waals surface area contributed by atoms with E-state index in [1.54, 1.807) is 6.20 Å². The number of aromatic nitrogens is 5. The Kier molecular flexibility index (Phi) is 4.73. The van der Waals surface area contributed by atoms with Gasteiger partial charge in [0, 0.05) is 11.8 Å². The van der Waals surface area contributed by atoms with Gasteiger partial charge in [-0.15, -0.1) is 0 Å². The third kappa shape index (κ3) is 3.73. The highest BCUT2D eigenvalue weighted by molar-refractivity contribution is 5.76. The molecule has 0 bridgehead atoms. The highest BCUT2D eigenvalue weighted by Crippen LogP contribution is 2.27. The molecule has 0 saturated carbocycles. The Bertz CT molecular complexity index is 1080. The van der Waals surface area contributed by atoms with Crippen molar-refractivity contribution in [2.45, 2.75) is 25.5 Å². The van der Waals surface area contributed by atoms with Gasteiger partial charge < -0.3 is 14.6 Å². The van der Waals surface area contributed by atoms with E-state index < -0.39 is 0 Å². The van der Waals surface area contributed by atoms with Crippen LogP contribution in [-0.4, -0.2) is 49.8 Å². The van der Waals surface area contributed by atoms with Crippen LogP contribution >= 0.6 is 0 Å². The van der Waals surface area contributed by atoms with Crippen LogP contribution in [0.4, 0.5) is 0 Å². The summed E-state index contributed by atoms with van der Waals surface area (Å²) in [5.41, 5.74) is 3.85. The number of likely N-dealkylation sites (tertiary alicyclic amines) is 1. The number of aromatic amines is 1. The second kappa shape index (κ2) is 7.67. The van der Waals surface area contributed by atoms with Crippen LogP contribution in [0.15, 0.2) is 54.9 Å². The van der Waals surface area contributed by atoms with Crippen LogP contribution in [0.1, 0.15) is 24.6 Å². The minimum Gasteiger partial charge on any atom is -0.487 e. The van der Waals surface area contributed by atoms with Crippen molar-refractivity contribution in [2.24, 2.45) is 0 Å². The molecule has 1 aromatic carbocycles. The minimum atomic E-state index is 0.419. The number of piperidine rings is 1. The minimum absolute atomic E-state index is 0.419. The van der Waals surface area contributed by atoms with E-state index in [1.807, 2.05) is 48.7 Å². The number of pyridine rings is 1. The topological polar surface area (TPSA) is 71.9 Å². The Morgan fingerprint density at radius 2 is 1.93 bits per heavy atom. The van der Waals surface area contributed by atoms with Crippen LogP contribution in [0.3, 0.4) is 0 Å². The van der Waals surface area contributed by atoms with Gasteiger partial charge in [-0.05, 0) is 69.4 Å². The third-order valence-corrected chi connectivity index (χ3v) is 5.51. The largest absolute Gasteiger partial charge is 0.487 e. The molecule has 0 spiro atoms. The average molecular weight is 388 g/mol. The molecule has 148 valence electrons. The Morgan fingerprint density at radius 3 is 2.69 bits per heavy atom. The molecule has 5 rings (SSSR count). The number of imidazole rings is 1. The van der Waals surface area contributed by atoms with Crippen LogP contribution in [0.25, 0.3) is 22.6 Å². The molecule has 1 N–H and O–H groups in total. The predicted molar refractivity (Wildman–Crippen MR) is 112 cm³/mol. The van der Waals surface area contributed by atoms with Crippen molar-refractivity contribution >= 4 is 11.2 Å². The van der Waals surface area contributed by atoms with Crippen LogP contribution in [-0.2, 0) is 6.61 Å². The van der Waals surface area contributed by atoms with Gasteiger partial charge in [-0.3, -0.25) is 4.98 Å². The summed E-state index contributed by atoms with van der Waals surface area (Å²) >= 11 is 0. The van der Waals surface area contributed by atoms with Gasteiger partial charge in [-0.25, -0.2) is 9.67 Å². The molecular formula is C22H24N6O. The summed E-state index contributed by atoms with van der Waals surface area (Å²) in [5.74, 6) is 1.67. The van der Waals surface area contributed by atoms with E-state index in [2.05, 4.69) is 31.7 Å². The first kappa shape index (κ1) is 17.9.